The lowest BCUT2D eigenvalue weighted by molar-refractivity contribution is 0.101. The number of aromatic nitrogens is 2. The minimum atomic E-state index is -0.250. The number of nitrogens with two attached hydrogens (primary N) is 1. The van der Waals surface area contributed by atoms with Crippen LogP contribution in [0.3, 0.4) is 0 Å². The Kier molecular flexibility index (Phi) is 2.00. The molecule has 0 aliphatic rings. The minimum absolute atomic E-state index is 0.00868. The fraction of sp³-hybridized carbons (Fsp3) is 0.250. The van der Waals surface area contributed by atoms with E-state index in [9.17, 15) is 4.79 Å². The van der Waals surface area contributed by atoms with Crippen LogP contribution in [0.4, 0.5) is 6.01 Å². The Morgan fingerprint density at radius 1 is 1.80 bits per heavy atom. The SMILES string of the molecule is Nc1nc(C(=O)CBr)no1. The maximum atomic E-state index is 10.7. The molecule has 0 radical (unpaired) electrons. The molecule has 6 heteroatoms. The molecule has 0 unspecified atom stereocenters. The summed E-state index contributed by atoms with van der Waals surface area (Å²) >= 11 is 2.95. The Labute approximate surface area is 64.7 Å². The smallest absolute Gasteiger partial charge is 0.319 e. The number of carbonyl (C=O) groups excluding carboxylic acids is 1. The second-order valence-electron chi connectivity index (χ2n) is 1.51. The van der Waals surface area contributed by atoms with E-state index in [0.29, 0.717) is 0 Å². The average molecular weight is 206 g/mol. The van der Waals surface area contributed by atoms with E-state index in [0.717, 1.165) is 0 Å². The second kappa shape index (κ2) is 2.78. The molecule has 2 N–H and O–H groups in total. The van der Waals surface area contributed by atoms with Crippen molar-refractivity contribution in [3.05, 3.63) is 5.82 Å². The van der Waals surface area contributed by atoms with Crippen LogP contribution in [0.25, 0.3) is 0 Å². The highest BCUT2D eigenvalue weighted by molar-refractivity contribution is 9.09. The maximum Gasteiger partial charge on any atom is 0.319 e. The van der Waals surface area contributed by atoms with Crippen LogP contribution in [-0.4, -0.2) is 21.3 Å². The van der Waals surface area contributed by atoms with Crippen LogP contribution in [0.2, 0.25) is 0 Å². The number of hydrogen-bond acceptors (Lipinski definition) is 5. The van der Waals surface area contributed by atoms with Crippen LogP contribution < -0.4 is 5.73 Å². The molecule has 54 valence electrons. The van der Waals surface area contributed by atoms with Crippen molar-refractivity contribution in [2.24, 2.45) is 0 Å². The van der Waals surface area contributed by atoms with Crippen LogP contribution in [-0.2, 0) is 0 Å². The number of nitrogens with zero attached hydrogens (tertiary/aromatic N) is 2. The van der Waals surface area contributed by atoms with E-state index in [2.05, 4.69) is 30.6 Å². The number of hydrogen-bond donors (Lipinski definition) is 1. The van der Waals surface area contributed by atoms with Gasteiger partial charge >= 0.3 is 6.01 Å². The molecule has 0 aromatic carbocycles. The molecule has 5 nitrogen and oxygen atoms in total. The lowest BCUT2D eigenvalue weighted by Gasteiger charge is -1.80. The van der Waals surface area contributed by atoms with Gasteiger partial charge in [0, 0.05) is 0 Å². The summed E-state index contributed by atoms with van der Waals surface area (Å²) in [5.41, 5.74) is 5.06. The van der Waals surface area contributed by atoms with Crippen molar-refractivity contribution in [1.82, 2.24) is 10.1 Å². The largest absolute Gasteiger partial charge is 0.351 e. The normalized spacial score (nSPS) is 9.70. The van der Waals surface area contributed by atoms with Gasteiger partial charge < -0.3 is 10.3 Å². The van der Waals surface area contributed by atoms with E-state index in [-0.39, 0.29) is 23.0 Å². The Morgan fingerprint density at radius 2 is 2.50 bits per heavy atom. The predicted molar refractivity (Wildman–Crippen MR) is 36.8 cm³/mol. The summed E-state index contributed by atoms with van der Waals surface area (Å²) in [5.74, 6) is -0.241. The van der Waals surface area contributed by atoms with Crippen molar-refractivity contribution in [3.63, 3.8) is 0 Å². The number of anilines is 1. The standard InChI is InChI=1S/C4H4BrN3O2/c5-1-2(9)3-7-4(6)10-8-3/h1H2,(H2,6,7,8). The van der Waals surface area contributed by atoms with Gasteiger partial charge in [-0.1, -0.05) is 21.1 Å². The fourth-order valence-corrected chi connectivity index (χ4v) is 0.659. The zero-order valence-corrected chi connectivity index (χ0v) is 6.46. The Balaban J connectivity index is 2.85. The molecule has 0 fully saturated rings. The average Bonchev–Trinajstić information content (AvgIpc) is 2.34. The maximum absolute atomic E-state index is 10.7. The summed E-state index contributed by atoms with van der Waals surface area (Å²) in [6.45, 7) is 0. The molecular weight excluding hydrogens is 202 g/mol. The van der Waals surface area contributed by atoms with Gasteiger partial charge in [0.15, 0.2) is 0 Å². The van der Waals surface area contributed by atoms with Gasteiger partial charge in [-0.15, -0.1) is 0 Å². The summed E-state index contributed by atoms with van der Waals surface area (Å²) in [4.78, 5) is 14.2. The van der Waals surface area contributed by atoms with Gasteiger partial charge in [-0.05, 0) is 0 Å². The third kappa shape index (κ3) is 1.32. The zero-order chi connectivity index (χ0) is 7.56. The number of alkyl halides is 1. The highest BCUT2D eigenvalue weighted by Gasteiger charge is 2.10. The molecule has 0 bridgehead atoms. The monoisotopic (exact) mass is 205 g/mol. The van der Waals surface area contributed by atoms with Crippen molar-refractivity contribution in [2.45, 2.75) is 0 Å². The molecule has 0 aliphatic carbocycles. The summed E-state index contributed by atoms with van der Waals surface area (Å²) in [6.07, 6.45) is 0. The molecular formula is C4H4BrN3O2. The van der Waals surface area contributed by atoms with Gasteiger partial charge in [0.1, 0.15) is 0 Å². The third-order valence-electron chi connectivity index (χ3n) is 0.813. The lowest BCUT2D eigenvalue weighted by atomic mass is 10.4. The summed E-state index contributed by atoms with van der Waals surface area (Å²) < 4.78 is 4.36. The highest BCUT2D eigenvalue weighted by atomic mass is 79.9. The van der Waals surface area contributed by atoms with E-state index in [4.69, 9.17) is 5.73 Å². The first kappa shape index (κ1) is 7.20. The second-order valence-corrected chi connectivity index (χ2v) is 2.07. The van der Waals surface area contributed by atoms with Crippen LogP contribution in [0.15, 0.2) is 4.52 Å². The van der Waals surface area contributed by atoms with Crippen LogP contribution in [0, 0.1) is 0 Å². The van der Waals surface area contributed by atoms with E-state index >= 15 is 0 Å². The Hall–Kier alpha value is -0.910. The van der Waals surface area contributed by atoms with Crippen molar-refractivity contribution in [3.8, 4) is 0 Å². The van der Waals surface area contributed by atoms with E-state index < -0.39 is 0 Å². The fourth-order valence-electron chi connectivity index (χ4n) is 0.408. The number of rotatable bonds is 2. The highest BCUT2D eigenvalue weighted by Crippen LogP contribution is 1.99. The van der Waals surface area contributed by atoms with Crippen molar-refractivity contribution >= 4 is 27.7 Å². The molecule has 1 heterocycles. The van der Waals surface area contributed by atoms with Crippen molar-refractivity contribution in [2.75, 3.05) is 11.1 Å². The lowest BCUT2D eigenvalue weighted by Crippen LogP contribution is -2.02. The summed E-state index contributed by atoms with van der Waals surface area (Å²) in [5, 5.41) is 3.47. The molecule has 0 atom stereocenters. The van der Waals surface area contributed by atoms with Gasteiger partial charge in [-0.2, -0.15) is 4.98 Å². The van der Waals surface area contributed by atoms with Gasteiger partial charge in [0.05, 0.1) is 5.33 Å². The Morgan fingerprint density at radius 3 is 2.90 bits per heavy atom. The van der Waals surface area contributed by atoms with Crippen LogP contribution in [0.5, 0.6) is 0 Å². The molecule has 0 saturated carbocycles. The molecule has 1 aromatic rings. The van der Waals surface area contributed by atoms with Crippen molar-refractivity contribution in [1.29, 1.82) is 0 Å². The molecule has 0 saturated heterocycles. The van der Waals surface area contributed by atoms with Crippen LogP contribution >= 0.6 is 15.9 Å². The third-order valence-corrected chi connectivity index (χ3v) is 1.32. The van der Waals surface area contributed by atoms with Crippen LogP contribution in [0.1, 0.15) is 10.6 Å². The first-order valence-corrected chi connectivity index (χ1v) is 3.54. The van der Waals surface area contributed by atoms with Gasteiger partial charge in [0.25, 0.3) is 0 Å². The number of ketones is 1. The van der Waals surface area contributed by atoms with E-state index in [1.807, 2.05) is 0 Å². The first-order chi connectivity index (χ1) is 4.74. The first-order valence-electron chi connectivity index (χ1n) is 2.42. The van der Waals surface area contributed by atoms with Gasteiger partial charge in [-0.25, -0.2) is 0 Å². The van der Waals surface area contributed by atoms with Gasteiger partial charge in [-0.3, -0.25) is 4.79 Å². The van der Waals surface area contributed by atoms with Gasteiger partial charge in [0.2, 0.25) is 11.6 Å². The molecule has 0 aliphatic heterocycles. The number of carbonyl (C=O) groups is 1. The Bertz CT molecular complexity index is 246. The molecule has 1 rings (SSSR count). The summed E-state index contributed by atoms with van der Waals surface area (Å²) in [6, 6.07) is -0.0932. The predicted octanol–water partition coefficient (Wildman–Crippen LogP) is 0.229. The molecule has 0 spiro atoms. The molecule has 10 heavy (non-hydrogen) atoms. The van der Waals surface area contributed by atoms with E-state index in [1.165, 1.54) is 0 Å². The van der Waals surface area contributed by atoms with Crippen molar-refractivity contribution < 1.29 is 9.32 Å². The molecule has 0 amide bonds. The summed E-state index contributed by atoms with van der Waals surface area (Å²) in [7, 11) is 0. The number of halogens is 1. The topological polar surface area (TPSA) is 82.0 Å². The quantitative estimate of drug-likeness (QED) is 0.553. The zero-order valence-electron chi connectivity index (χ0n) is 4.87. The number of Topliss-reactive ketones (excluding diaryl/α,β-unsaturated/α-hetero) is 1. The van der Waals surface area contributed by atoms with E-state index in [1.54, 1.807) is 0 Å². The number of nitrogen functional groups attached to an aromatic ring is 1. The minimum Gasteiger partial charge on any atom is -0.351 e. The molecule has 1 aromatic heterocycles.